The van der Waals surface area contributed by atoms with E-state index in [0.717, 1.165) is 10.0 Å². The lowest BCUT2D eigenvalue weighted by atomic mass is 10.0. The van der Waals surface area contributed by atoms with Gasteiger partial charge in [0.2, 0.25) is 0 Å². The molecule has 3 rings (SSSR count). The number of nitrogens with zero attached hydrogens (tertiary/aromatic N) is 1. The standard InChI is InChI=1S/C19H17BrClNO3S/c1-2-25-12-19(11-22)17(13-3-5-14(20)6-4-13)18(19)26(23,24)16-9-7-15(21)8-10-16/h3-10,17-18H,2,12H2,1H3/t17-,18+,19+/m1/s1. The highest BCUT2D eigenvalue weighted by molar-refractivity contribution is 9.10. The highest BCUT2D eigenvalue weighted by Gasteiger charge is 2.72. The number of nitriles is 1. The SMILES string of the molecule is CCOC[C@@]1(C#N)[C@H](c2ccc(Br)cc2)[C@@H]1S(=O)(=O)c1ccc(Cl)cc1. The number of rotatable bonds is 6. The van der Waals surface area contributed by atoms with Gasteiger partial charge in [0.25, 0.3) is 0 Å². The summed E-state index contributed by atoms with van der Waals surface area (Å²) in [5.74, 6) is -0.437. The van der Waals surface area contributed by atoms with Gasteiger partial charge >= 0.3 is 0 Å². The first-order valence-corrected chi connectivity index (χ1v) is 10.8. The maximum atomic E-state index is 13.2. The molecule has 0 bridgehead atoms. The molecule has 7 heteroatoms. The molecule has 136 valence electrons. The van der Waals surface area contributed by atoms with Crippen LogP contribution < -0.4 is 0 Å². The topological polar surface area (TPSA) is 67.2 Å². The first-order valence-electron chi connectivity index (χ1n) is 8.10. The molecule has 2 aromatic carbocycles. The minimum absolute atomic E-state index is 0.0816. The second-order valence-corrected chi connectivity index (χ2v) is 9.66. The largest absolute Gasteiger partial charge is 0.380 e. The van der Waals surface area contributed by atoms with E-state index in [2.05, 4.69) is 22.0 Å². The molecule has 0 amide bonds. The Labute approximate surface area is 166 Å². The lowest BCUT2D eigenvalue weighted by Gasteiger charge is -2.10. The van der Waals surface area contributed by atoms with Gasteiger partial charge in [0.15, 0.2) is 9.84 Å². The third-order valence-corrected chi connectivity index (χ3v) is 7.79. The van der Waals surface area contributed by atoms with Gasteiger partial charge in [-0.25, -0.2) is 8.42 Å². The van der Waals surface area contributed by atoms with E-state index in [4.69, 9.17) is 16.3 Å². The Morgan fingerprint density at radius 3 is 2.35 bits per heavy atom. The zero-order chi connectivity index (χ0) is 18.9. The Bertz CT molecular complexity index is 938. The van der Waals surface area contributed by atoms with Crippen molar-refractivity contribution in [2.24, 2.45) is 5.41 Å². The zero-order valence-electron chi connectivity index (χ0n) is 14.0. The van der Waals surface area contributed by atoms with Crippen molar-refractivity contribution in [1.82, 2.24) is 0 Å². The van der Waals surface area contributed by atoms with Crippen LogP contribution in [0.4, 0.5) is 0 Å². The number of ether oxygens (including phenoxy) is 1. The van der Waals surface area contributed by atoms with E-state index >= 15 is 0 Å². The molecule has 1 aliphatic rings. The second-order valence-electron chi connectivity index (χ2n) is 6.24. The molecule has 0 radical (unpaired) electrons. The fourth-order valence-corrected chi connectivity index (χ4v) is 6.08. The van der Waals surface area contributed by atoms with Crippen LogP contribution in [0.3, 0.4) is 0 Å². The number of hydrogen-bond donors (Lipinski definition) is 0. The Hall–Kier alpha value is -1.39. The van der Waals surface area contributed by atoms with Gasteiger partial charge < -0.3 is 4.74 Å². The van der Waals surface area contributed by atoms with Gasteiger partial charge in [0.05, 0.1) is 22.8 Å². The molecule has 0 saturated heterocycles. The molecule has 26 heavy (non-hydrogen) atoms. The zero-order valence-corrected chi connectivity index (χ0v) is 17.2. The fraction of sp³-hybridized carbons (Fsp3) is 0.316. The lowest BCUT2D eigenvalue weighted by Crippen LogP contribution is -2.19. The van der Waals surface area contributed by atoms with Crippen molar-refractivity contribution in [2.45, 2.75) is 23.0 Å². The Morgan fingerprint density at radius 2 is 1.81 bits per heavy atom. The van der Waals surface area contributed by atoms with Crippen molar-refractivity contribution in [3.05, 3.63) is 63.6 Å². The summed E-state index contributed by atoms with van der Waals surface area (Å²) in [7, 11) is -3.71. The maximum Gasteiger partial charge on any atom is 0.183 e. The molecule has 1 fully saturated rings. The van der Waals surface area contributed by atoms with Gasteiger partial charge in [-0.05, 0) is 48.9 Å². The van der Waals surface area contributed by atoms with E-state index in [1.165, 1.54) is 12.1 Å². The maximum absolute atomic E-state index is 13.2. The summed E-state index contributed by atoms with van der Waals surface area (Å²) in [5.41, 5.74) is -0.278. The van der Waals surface area contributed by atoms with E-state index in [9.17, 15) is 13.7 Å². The molecular formula is C19H17BrClNO3S. The van der Waals surface area contributed by atoms with Crippen LogP contribution in [-0.4, -0.2) is 26.9 Å². The average Bonchev–Trinajstić information content (AvgIpc) is 3.31. The predicted molar refractivity (Wildman–Crippen MR) is 104 cm³/mol. The van der Waals surface area contributed by atoms with E-state index in [0.29, 0.717) is 11.6 Å². The molecule has 0 aliphatic heterocycles. The van der Waals surface area contributed by atoms with E-state index in [-0.39, 0.29) is 11.5 Å². The van der Waals surface area contributed by atoms with Crippen molar-refractivity contribution in [3.8, 4) is 6.07 Å². The molecule has 4 nitrogen and oxygen atoms in total. The van der Waals surface area contributed by atoms with Crippen LogP contribution >= 0.6 is 27.5 Å². The van der Waals surface area contributed by atoms with E-state index in [1.807, 2.05) is 31.2 Å². The van der Waals surface area contributed by atoms with Crippen LogP contribution in [0.2, 0.25) is 5.02 Å². The highest BCUT2D eigenvalue weighted by Crippen LogP contribution is 2.64. The molecule has 0 heterocycles. The molecule has 0 aromatic heterocycles. The monoisotopic (exact) mass is 453 g/mol. The summed E-state index contributed by atoms with van der Waals surface area (Å²) in [4.78, 5) is 0.169. The van der Waals surface area contributed by atoms with Crippen LogP contribution in [-0.2, 0) is 14.6 Å². The van der Waals surface area contributed by atoms with Crippen molar-refractivity contribution >= 4 is 37.4 Å². The molecule has 0 spiro atoms. The Balaban J connectivity index is 2.05. The summed E-state index contributed by atoms with van der Waals surface area (Å²) in [6.45, 7) is 2.33. The smallest absolute Gasteiger partial charge is 0.183 e. The number of benzene rings is 2. The third-order valence-electron chi connectivity index (χ3n) is 4.72. The molecule has 0 N–H and O–H groups in total. The second kappa shape index (κ2) is 7.32. The number of hydrogen-bond acceptors (Lipinski definition) is 4. The van der Waals surface area contributed by atoms with Crippen LogP contribution in [0.25, 0.3) is 0 Å². The number of halogens is 2. The van der Waals surface area contributed by atoms with Gasteiger partial charge in [-0.1, -0.05) is 39.7 Å². The van der Waals surface area contributed by atoms with Gasteiger partial charge in [-0.15, -0.1) is 0 Å². The van der Waals surface area contributed by atoms with Gasteiger partial charge in [-0.3, -0.25) is 0 Å². The van der Waals surface area contributed by atoms with Crippen LogP contribution in [0, 0.1) is 16.7 Å². The predicted octanol–water partition coefficient (Wildman–Crippen LogP) is 4.59. The van der Waals surface area contributed by atoms with Crippen molar-refractivity contribution in [3.63, 3.8) is 0 Å². The minimum atomic E-state index is -3.71. The van der Waals surface area contributed by atoms with E-state index < -0.39 is 26.4 Å². The molecule has 1 saturated carbocycles. The molecule has 0 unspecified atom stereocenters. The normalized spacial score (nSPS) is 24.8. The third kappa shape index (κ3) is 3.29. The lowest BCUT2D eigenvalue weighted by molar-refractivity contribution is 0.117. The van der Waals surface area contributed by atoms with Crippen molar-refractivity contribution in [2.75, 3.05) is 13.2 Å². The summed E-state index contributed by atoms with van der Waals surface area (Å²) in [6.07, 6.45) is 0. The molecule has 1 aliphatic carbocycles. The first kappa shape index (κ1) is 19.4. The molecular weight excluding hydrogens is 438 g/mol. The average molecular weight is 455 g/mol. The Kier molecular flexibility index (Phi) is 5.45. The quantitative estimate of drug-likeness (QED) is 0.640. The highest BCUT2D eigenvalue weighted by atomic mass is 79.9. The fourth-order valence-electron chi connectivity index (χ4n) is 3.38. The van der Waals surface area contributed by atoms with Crippen LogP contribution in [0.15, 0.2) is 57.9 Å². The molecule has 2 aromatic rings. The van der Waals surface area contributed by atoms with Crippen molar-refractivity contribution < 1.29 is 13.2 Å². The van der Waals surface area contributed by atoms with Crippen molar-refractivity contribution in [1.29, 1.82) is 5.26 Å². The van der Waals surface area contributed by atoms with Crippen LogP contribution in [0.5, 0.6) is 0 Å². The van der Waals surface area contributed by atoms with Crippen LogP contribution in [0.1, 0.15) is 18.4 Å². The van der Waals surface area contributed by atoms with E-state index in [1.54, 1.807) is 12.1 Å². The Morgan fingerprint density at radius 1 is 1.19 bits per heavy atom. The molecule has 3 atom stereocenters. The number of sulfone groups is 1. The summed E-state index contributed by atoms with van der Waals surface area (Å²) >= 11 is 9.26. The van der Waals surface area contributed by atoms with Gasteiger partial charge in [0, 0.05) is 22.0 Å². The van der Waals surface area contributed by atoms with Gasteiger partial charge in [-0.2, -0.15) is 5.26 Å². The summed E-state index contributed by atoms with van der Waals surface area (Å²) in [6, 6.07) is 15.7. The first-order chi connectivity index (χ1) is 12.4. The summed E-state index contributed by atoms with van der Waals surface area (Å²) in [5, 5.41) is 9.48. The van der Waals surface area contributed by atoms with Gasteiger partial charge in [0.1, 0.15) is 5.41 Å². The summed E-state index contributed by atoms with van der Waals surface area (Å²) < 4.78 is 32.9. The minimum Gasteiger partial charge on any atom is -0.380 e.